The number of para-hydroxylation sites is 1. The maximum absolute atomic E-state index is 5.82. The van der Waals surface area contributed by atoms with Gasteiger partial charge in [0, 0.05) is 31.9 Å². The van der Waals surface area contributed by atoms with E-state index in [0.29, 0.717) is 6.61 Å². The summed E-state index contributed by atoms with van der Waals surface area (Å²) in [6.45, 7) is 11.4. The van der Waals surface area contributed by atoms with Gasteiger partial charge in [0.15, 0.2) is 11.5 Å². The maximum atomic E-state index is 5.82. The monoisotopic (exact) mass is 382 g/mol. The Morgan fingerprint density at radius 1 is 1.11 bits per heavy atom. The zero-order chi connectivity index (χ0) is 19.8. The van der Waals surface area contributed by atoms with Gasteiger partial charge in [0.1, 0.15) is 6.61 Å². The molecular formula is C23H30N2O3. The number of hydrogen-bond acceptors (Lipinski definition) is 5. The number of ether oxygens (including phenoxy) is 3. The van der Waals surface area contributed by atoms with Gasteiger partial charge in [-0.15, -0.1) is 0 Å². The molecular weight excluding hydrogens is 352 g/mol. The van der Waals surface area contributed by atoms with Crippen molar-refractivity contribution in [3.63, 3.8) is 0 Å². The largest absolute Gasteiger partial charge is 0.493 e. The van der Waals surface area contributed by atoms with Crippen LogP contribution in [0.15, 0.2) is 54.6 Å². The summed E-state index contributed by atoms with van der Waals surface area (Å²) < 4.78 is 16.7. The molecule has 0 aromatic heterocycles. The molecule has 0 bridgehead atoms. The maximum Gasteiger partial charge on any atom is 0.161 e. The predicted octanol–water partition coefficient (Wildman–Crippen LogP) is 3.78. The fourth-order valence-corrected chi connectivity index (χ4v) is 3.26. The lowest BCUT2D eigenvalue weighted by atomic mass is 10.1. The minimum Gasteiger partial charge on any atom is -0.493 e. The molecule has 5 nitrogen and oxygen atoms in total. The molecule has 2 aromatic carbocycles. The zero-order valence-corrected chi connectivity index (χ0v) is 16.9. The molecule has 0 unspecified atom stereocenters. The van der Waals surface area contributed by atoms with Crippen LogP contribution in [0, 0.1) is 0 Å². The molecule has 0 radical (unpaired) electrons. The van der Waals surface area contributed by atoms with E-state index in [2.05, 4.69) is 47.1 Å². The molecule has 150 valence electrons. The van der Waals surface area contributed by atoms with Crippen molar-refractivity contribution in [1.82, 2.24) is 5.32 Å². The van der Waals surface area contributed by atoms with Gasteiger partial charge in [-0.3, -0.25) is 0 Å². The summed E-state index contributed by atoms with van der Waals surface area (Å²) >= 11 is 0. The molecule has 2 aromatic rings. The van der Waals surface area contributed by atoms with Gasteiger partial charge in [-0.05, 0) is 41.8 Å². The van der Waals surface area contributed by atoms with Gasteiger partial charge in [0.05, 0.1) is 20.3 Å². The number of benzene rings is 2. The molecule has 3 rings (SSSR count). The van der Waals surface area contributed by atoms with Crippen LogP contribution in [0.4, 0.5) is 5.69 Å². The van der Waals surface area contributed by atoms with E-state index in [1.807, 2.05) is 19.1 Å². The SMILES string of the molecule is C=C(C)COc1cc(CNCc2ccccc2N2CCOCC2)ccc1OC. The second kappa shape index (κ2) is 10.2. The summed E-state index contributed by atoms with van der Waals surface area (Å²) in [6, 6.07) is 14.6. The number of nitrogens with one attached hydrogen (secondary N) is 1. The predicted molar refractivity (Wildman–Crippen MR) is 113 cm³/mol. The quantitative estimate of drug-likeness (QED) is 0.669. The Hall–Kier alpha value is -2.50. The minimum atomic E-state index is 0.486. The summed E-state index contributed by atoms with van der Waals surface area (Å²) in [4.78, 5) is 2.40. The second-order valence-corrected chi connectivity index (χ2v) is 7.06. The molecule has 1 heterocycles. The topological polar surface area (TPSA) is 43.0 Å². The molecule has 28 heavy (non-hydrogen) atoms. The van der Waals surface area contributed by atoms with Gasteiger partial charge in [-0.1, -0.05) is 30.8 Å². The summed E-state index contributed by atoms with van der Waals surface area (Å²) in [5.74, 6) is 1.49. The number of rotatable bonds is 9. The summed E-state index contributed by atoms with van der Waals surface area (Å²) in [5.41, 5.74) is 4.72. The van der Waals surface area contributed by atoms with Crippen molar-refractivity contribution in [1.29, 1.82) is 0 Å². The van der Waals surface area contributed by atoms with E-state index < -0.39 is 0 Å². The number of methoxy groups -OCH3 is 1. The Kier molecular flexibility index (Phi) is 7.34. The average molecular weight is 383 g/mol. The van der Waals surface area contributed by atoms with Crippen LogP contribution < -0.4 is 19.7 Å². The highest BCUT2D eigenvalue weighted by Crippen LogP contribution is 2.28. The molecule has 1 fully saturated rings. The van der Waals surface area contributed by atoms with Crippen molar-refractivity contribution in [2.24, 2.45) is 0 Å². The van der Waals surface area contributed by atoms with E-state index in [1.165, 1.54) is 11.3 Å². The lowest BCUT2D eigenvalue weighted by molar-refractivity contribution is 0.122. The van der Waals surface area contributed by atoms with Crippen LogP contribution in [0.25, 0.3) is 0 Å². The molecule has 5 heteroatoms. The lowest BCUT2D eigenvalue weighted by Gasteiger charge is -2.30. The number of morpholine rings is 1. The molecule has 0 aliphatic carbocycles. The summed E-state index contributed by atoms with van der Waals surface area (Å²) in [7, 11) is 1.66. The fraction of sp³-hybridized carbons (Fsp3) is 0.391. The van der Waals surface area contributed by atoms with E-state index in [4.69, 9.17) is 14.2 Å². The fourth-order valence-electron chi connectivity index (χ4n) is 3.26. The van der Waals surface area contributed by atoms with Crippen molar-refractivity contribution < 1.29 is 14.2 Å². The molecule has 0 atom stereocenters. The standard InChI is InChI=1S/C23H30N2O3/c1-18(2)17-28-23-14-19(8-9-22(23)26-3)15-24-16-20-6-4-5-7-21(20)25-10-12-27-13-11-25/h4-9,14,24H,1,10-13,15-17H2,2-3H3. The second-order valence-electron chi connectivity index (χ2n) is 7.06. The molecule has 0 saturated carbocycles. The minimum absolute atomic E-state index is 0.486. The molecule has 1 aliphatic rings. The van der Waals surface area contributed by atoms with E-state index in [0.717, 1.165) is 62.0 Å². The van der Waals surface area contributed by atoms with Crippen LogP contribution in [-0.2, 0) is 17.8 Å². The van der Waals surface area contributed by atoms with Crippen LogP contribution >= 0.6 is 0 Å². The average Bonchev–Trinajstić information content (AvgIpc) is 2.73. The first-order valence-electron chi connectivity index (χ1n) is 9.73. The lowest BCUT2D eigenvalue weighted by Crippen LogP contribution is -2.37. The summed E-state index contributed by atoms with van der Waals surface area (Å²) in [5, 5.41) is 3.56. The molecule has 0 spiro atoms. The Bertz CT molecular complexity index is 785. The van der Waals surface area contributed by atoms with E-state index >= 15 is 0 Å². The highest BCUT2D eigenvalue weighted by molar-refractivity contribution is 5.54. The Morgan fingerprint density at radius 3 is 2.64 bits per heavy atom. The third-order valence-corrected chi connectivity index (χ3v) is 4.69. The van der Waals surface area contributed by atoms with Crippen molar-refractivity contribution in [2.45, 2.75) is 20.0 Å². The van der Waals surface area contributed by atoms with Gasteiger partial charge in [-0.25, -0.2) is 0 Å². The Morgan fingerprint density at radius 2 is 1.89 bits per heavy atom. The third-order valence-electron chi connectivity index (χ3n) is 4.69. The molecule has 1 N–H and O–H groups in total. The zero-order valence-electron chi connectivity index (χ0n) is 16.9. The Balaban J connectivity index is 1.62. The van der Waals surface area contributed by atoms with E-state index in [9.17, 15) is 0 Å². The van der Waals surface area contributed by atoms with Crippen LogP contribution in [0.5, 0.6) is 11.5 Å². The van der Waals surface area contributed by atoms with Crippen molar-refractivity contribution >= 4 is 5.69 Å². The van der Waals surface area contributed by atoms with E-state index in [1.54, 1.807) is 7.11 Å². The Labute approximate surface area is 167 Å². The smallest absolute Gasteiger partial charge is 0.161 e. The van der Waals surface area contributed by atoms with Crippen molar-refractivity contribution in [3.8, 4) is 11.5 Å². The van der Waals surface area contributed by atoms with Crippen molar-refractivity contribution in [2.75, 3.05) is 44.9 Å². The van der Waals surface area contributed by atoms with Gasteiger partial charge in [0.2, 0.25) is 0 Å². The van der Waals surface area contributed by atoms with Gasteiger partial charge in [-0.2, -0.15) is 0 Å². The van der Waals surface area contributed by atoms with Crippen LogP contribution in [0.2, 0.25) is 0 Å². The first-order valence-corrected chi connectivity index (χ1v) is 9.73. The third kappa shape index (κ3) is 5.50. The van der Waals surface area contributed by atoms with E-state index in [-0.39, 0.29) is 0 Å². The van der Waals surface area contributed by atoms with Crippen LogP contribution in [-0.4, -0.2) is 40.0 Å². The normalized spacial score (nSPS) is 14.0. The molecule has 1 aliphatic heterocycles. The van der Waals surface area contributed by atoms with Crippen LogP contribution in [0.3, 0.4) is 0 Å². The van der Waals surface area contributed by atoms with Gasteiger partial charge in [0.25, 0.3) is 0 Å². The first kappa shape index (κ1) is 20.2. The van der Waals surface area contributed by atoms with Gasteiger partial charge >= 0.3 is 0 Å². The highest BCUT2D eigenvalue weighted by Gasteiger charge is 2.14. The van der Waals surface area contributed by atoms with Crippen LogP contribution in [0.1, 0.15) is 18.1 Å². The molecule has 1 saturated heterocycles. The van der Waals surface area contributed by atoms with Crippen molar-refractivity contribution in [3.05, 3.63) is 65.7 Å². The highest BCUT2D eigenvalue weighted by atomic mass is 16.5. The van der Waals surface area contributed by atoms with Gasteiger partial charge < -0.3 is 24.4 Å². The number of hydrogen-bond donors (Lipinski definition) is 1. The number of anilines is 1. The number of nitrogens with zero attached hydrogens (tertiary/aromatic N) is 1. The molecule has 0 amide bonds. The summed E-state index contributed by atoms with van der Waals surface area (Å²) in [6.07, 6.45) is 0. The first-order chi connectivity index (χ1) is 13.7.